The molecule has 5 heterocycles. The SMILES string of the molecule is O=C(NC1C(=O)N2C(C(=O)OC(c3ccccc3)c3ccccc3)=C(C=CSc3cc(=O)c4sccc4s3)CS[C@H]12)C(=NOC(c1ccccc1)(c1ccccc1)c1ccccc1)c1csc(NC(c2ccccc2)(c2ccccc2)c2ccccc2)n1. The molecule has 0 spiro atoms. The van der Waals surface area contributed by atoms with Crippen LogP contribution in [0.15, 0.2) is 302 Å². The van der Waals surface area contributed by atoms with E-state index in [1.165, 1.54) is 62.4 Å². The highest BCUT2D eigenvalue weighted by atomic mass is 32.2. The van der Waals surface area contributed by atoms with Crippen LogP contribution in [0.3, 0.4) is 0 Å². The van der Waals surface area contributed by atoms with Crippen molar-refractivity contribution in [1.82, 2.24) is 15.2 Å². The number of carbonyl (C=O) groups excluding carboxylic acids is 3. The molecule has 8 aromatic carbocycles. The zero-order chi connectivity index (χ0) is 59.9. The minimum atomic E-state index is -1.40. The van der Waals surface area contributed by atoms with Crippen molar-refractivity contribution in [3.8, 4) is 0 Å². The number of β-lactam (4-membered cyclic amide) rings is 1. The number of carbonyl (C=O) groups is 3. The first-order valence-electron chi connectivity index (χ1n) is 28.3. The smallest absolute Gasteiger partial charge is 0.356 e. The molecule has 0 saturated carbocycles. The van der Waals surface area contributed by atoms with E-state index < -0.39 is 46.4 Å². The van der Waals surface area contributed by atoms with Crippen molar-refractivity contribution in [3.05, 3.63) is 349 Å². The van der Waals surface area contributed by atoms with Crippen molar-refractivity contribution in [1.29, 1.82) is 0 Å². The first kappa shape index (κ1) is 57.6. The molecule has 3 aromatic heterocycles. The van der Waals surface area contributed by atoms with Gasteiger partial charge in [0, 0.05) is 33.9 Å². The number of nitrogens with one attached hydrogen (secondary N) is 2. The highest BCUT2D eigenvalue weighted by Gasteiger charge is 2.55. The van der Waals surface area contributed by atoms with Gasteiger partial charge in [-0.3, -0.25) is 19.3 Å². The highest BCUT2D eigenvalue weighted by Crippen LogP contribution is 2.45. The minimum absolute atomic E-state index is 0.0546. The summed E-state index contributed by atoms with van der Waals surface area (Å²) < 4.78 is 8.88. The van der Waals surface area contributed by atoms with Gasteiger partial charge in [-0.1, -0.05) is 260 Å². The van der Waals surface area contributed by atoms with Gasteiger partial charge < -0.3 is 20.2 Å². The van der Waals surface area contributed by atoms with Crippen molar-refractivity contribution >= 4 is 95.6 Å². The third-order valence-electron chi connectivity index (χ3n) is 15.4. The monoisotopic (exact) mass is 1240 g/mol. The summed E-state index contributed by atoms with van der Waals surface area (Å²) in [6.07, 6.45) is 0.982. The Labute approximate surface area is 528 Å². The topological polar surface area (TPSA) is 139 Å². The number of benzene rings is 8. The van der Waals surface area contributed by atoms with Gasteiger partial charge in [-0.05, 0) is 56.3 Å². The van der Waals surface area contributed by atoms with Crippen LogP contribution >= 0.6 is 57.5 Å². The molecule has 0 radical (unpaired) electrons. The number of thiophene rings is 1. The Hall–Kier alpha value is -9.42. The van der Waals surface area contributed by atoms with Gasteiger partial charge in [0.15, 0.2) is 22.4 Å². The summed E-state index contributed by atoms with van der Waals surface area (Å²) in [5, 5.41) is 17.0. The van der Waals surface area contributed by atoms with E-state index in [-0.39, 0.29) is 28.3 Å². The molecule has 2 aliphatic rings. The van der Waals surface area contributed by atoms with Gasteiger partial charge in [0.1, 0.15) is 28.3 Å². The number of fused-ring (bicyclic) bond motifs is 2. The maximum absolute atomic E-state index is 15.7. The Morgan fingerprint density at radius 3 is 1.64 bits per heavy atom. The van der Waals surface area contributed by atoms with Gasteiger partial charge in [0.25, 0.3) is 11.8 Å². The predicted octanol–water partition coefficient (Wildman–Crippen LogP) is 15.2. The van der Waals surface area contributed by atoms with E-state index >= 15 is 14.4 Å². The van der Waals surface area contributed by atoms with Gasteiger partial charge >= 0.3 is 5.97 Å². The van der Waals surface area contributed by atoms with Crippen molar-refractivity contribution in [3.63, 3.8) is 0 Å². The lowest BCUT2D eigenvalue weighted by Gasteiger charge is -2.49. The molecule has 13 rings (SSSR count). The number of ether oxygens (including phenoxy) is 1. The molecule has 2 N–H and O–H groups in total. The number of amides is 2. The van der Waals surface area contributed by atoms with Crippen LogP contribution in [0.2, 0.25) is 0 Å². The number of rotatable bonds is 20. The van der Waals surface area contributed by atoms with Gasteiger partial charge in [0.05, 0.1) is 13.6 Å². The number of nitrogens with zero attached hydrogens (tertiary/aromatic N) is 3. The van der Waals surface area contributed by atoms with Crippen molar-refractivity contribution in [2.45, 2.75) is 32.9 Å². The second-order valence-corrected chi connectivity index (χ2v) is 25.8. The van der Waals surface area contributed by atoms with Crippen LogP contribution in [0, 0.1) is 0 Å². The maximum Gasteiger partial charge on any atom is 0.356 e. The van der Waals surface area contributed by atoms with E-state index in [4.69, 9.17) is 19.7 Å². The molecular weight excluding hydrogens is 1190 g/mol. The predicted molar refractivity (Wildman–Crippen MR) is 356 cm³/mol. The average molecular weight is 1240 g/mol. The van der Waals surface area contributed by atoms with E-state index in [2.05, 4.69) is 47.0 Å². The van der Waals surface area contributed by atoms with Crippen LogP contribution in [-0.2, 0) is 35.1 Å². The molecule has 11 nitrogen and oxygen atoms in total. The third-order valence-corrected chi connectivity index (χ3v) is 20.5. The molecule has 0 bridgehead atoms. The molecule has 11 aromatic rings. The molecule has 1 unspecified atom stereocenters. The number of allylic oxidation sites excluding steroid dienone is 1. The third kappa shape index (κ3) is 11.4. The van der Waals surface area contributed by atoms with Crippen molar-refractivity contribution < 1.29 is 24.0 Å². The zero-order valence-corrected chi connectivity index (χ0v) is 50.9. The average Bonchev–Trinajstić information content (AvgIpc) is 0.939. The number of esters is 1. The lowest BCUT2D eigenvalue weighted by atomic mass is 9.77. The number of oxime groups is 1. The summed E-state index contributed by atoms with van der Waals surface area (Å²) in [4.78, 5) is 72.6. The molecule has 0 aliphatic carbocycles. The summed E-state index contributed by atoms with van der Waals surface area (Å²) in [5.74, 6) is -1.71. The standard InChI is InChI=1S/C72H53N5O6S5/c78-58-45-60(88-59-42-44-85-65(58)59)84-43-41-50-46-86-68-62(67(80)77(68)63(50)69(81)82-64(48-25-9-1-10-26-48)49-27-11-2-12-28-49)74-66(79)61(76-83-72(54-35-19-6-20-36-54,55-37-21-7-22-38-55)56-39-23-8-24-40-56)57-47-87-70(73-57)75-71(51-29-13-3-14-30-51,52-31-15-4-16-32-52)53-33-17-5-18-34-53/h1-45,47,62,64,68H,46H2,(H,73,75)(H,74,79)/t62?,68-/m1/s1. The molecule has 16 heteroatoms. The summed E-state index contributed by atoms with van der Waals surface area (Å²) in [5.41, 5.74) is 4.74. The van der Waals surface area contributed by atoms with Gasteiger partial charge in [-0.15, -0.1) is 45.8 Å². The van der Waals surface area contributed by atoms with Crippen LogP contribution in [0.5, 0.6) is 0 Å². The number of hydrogen-bond donors (Lipinski definition) is 2. The lowest BCUT2D eigenvalue weighted by Crippen LogP contribution is -2.71. The number of hydrogen-bond acceptors (Lipinski definition) is 14. The summed E-state index contributed by atoms with van der Waals surface area (Å²) >= 11 is 6.97. The maximum atomic E-state index is 15.7. The molecular formula is C72H53N5O6S5. The first-order chi connectivity index (χ1) is 43.3. The second-order valence-electron chi connectivity index (χ2n) is 20.6. The van der Waals surface area contributed by atoms with Crippen LogP contribution in [0.25, 0.3) is 9.40 Å². The lowest BCUT2D eigenvalue weighted by molar-refractivity contribution is -0.154. The fraction of sp³-hybridized carbons (Fsp3) is 0.0833. The van der Waals surface area contributed by atoms with E-state index in [1.54, 1.807) is 17.5 Å². The Balaban J connectivity index is 0.886. The number of anilines is 1. The molecule has 432 valence electrons. The number of thiazole rings is 1. The number of thioether (sulfide) groups is 2. The molecule has 1 saturated heterocycles. The van der Waals surface area contributed by atoms with E-state index in [1.807, 2.05) is 223 Å². The van der Waals surface area contributed by atoms with Crippen molar-refractivity contribution in [2.24, 2.45) is 5.16 Å². The van der Waals surface area contributed by atoms with E-state index in [9.17, 15) is 4.79 Å². The summed E-state index contributed by atoms with van der Waals surface area (Å²) in [7, 11) is 0. The van der Waals surface area contributed by atoms with Crippen LogP contribution in [0.1, 0.15) is 56.3 Å². The Bertz CT molecular complexity index is 4190. The van der Waals surface area contributed by atoms with Gasteiger partial charge in [0.2, 0.25) is 5.60 Å². The van der Waals surface area contributed by atoms with E-state index in [0.29, 0.717) is 15.4 Å². The summed E-state index contributed by atoms with van der Waals surface area (Å²) in [6.45, 7) is 0. The minimum Gasteiger partial charge on any atom is -0.448 e. The van der Waals surface area contributed by atoms with Crippen LogP contribution < -0.4 is 16.1 Å². The fourth-order valence-corrected chi connectivity index (χ4v) is 16.2. The molecule has 2 atom stereocenters. The number of aromatic nitrogens is 1. The highest BCUT2D eigenvalue weighted by molar-refractivity contribution is 8.04. The first-order valence-corrected chi connectivity index (χ1v) is 32.8. The Kier molecular flexibility index (Phi) is 17.0. The van der Waals surface area contributed by atoms with Gasteiger partial charge in [-0.25, -0.2) is 9.78 Å². The molecule has 2 aliphatic heterocycles. The molecule has 2 amide bonds. The second kappa shape index (κ2) is 25.9. The van der Waals surface area contributed by atoms with Gasteiger partial charge in [-0.2, -0.15) is 0 Å². The summed E-state index contributed by atoms with van der Waals surface area (Å²) in [6, 6.07) is 81.0. The normalized spacial score (nSPS) is 15.2. The van der Waals surface area contributed by atoms with Crippen molar-refractivity contribution in [2.75, 3.05) is 11.1 Å². The quantitative estimate of drug-likeness (QED) is 0.0189. The zero-order valence-electron chi connectivity index (χ0n) is 46.8. The van der Waals surface area contributed by atoms with E-state index in [0.717, 1.165) is 53.4 Å². The Morgan fingerprint density at radius 1 is 0.636 bits per heavy atom. The largest absolute Gasteiger partial charge is 0.448 e. The molecule has 1 fully saturated rings. The fourth-order valence-electron chi connectivity index (χ4n) is 11.2. The molecule has 88 heavy (non-hydrogen) atoms. The van der Waals surface area contributed by atoms with Crippen LogP contribution in [0.4, 0.5) is 5.13 Å². The Morgan fingerprint density at radius 2 is 1.12 bits per heavy atom. The van der Waals surface area contributed by atoms with Crippen LogP contribution in [-0.4, -0.2) is 50.5 Å².